The second kappa shape index (κ2) is 5.13. The van der Waals surface area contributed by atoms with Crippen LogP contribution < -0.4 is 10.6 Å². The van der Waals surface area contributed by atoms with Crippen molar-refractivity contribution in [1.82, 2.24) is 0 Å². The molecule has 4 nitrogen and oxygen atoms in total. The lowest BCUT2D eigenvalue weighted by Crippen LogP contribution is -2.35. The molecule has 0 saturated carbocycles. The van der Waals surface area contributed by atoms with Gasteiger partial charge >= 0.3 is 0 Å². The van der Waals surface area contributed by atoms with E-state index >= 15 is 0 Å². The molecule has 4 heteroatoms. The summed E-state index contributed by atoms with van der Waals surface area (Å²) in [4.78, 5) is 13.0. The van der Waals surface area contributed by atoms with Gasteiger partial charge in [-0.15, -0.1) is 0 Å². The van der Waals surface area contributed by atoms with Crippen molar-refractivity contribution in [3.63, 3.8) is 0 Å². The van der Waals surface area contributed by atoms with Crippen LogP contribution in [0, 0.1) is 11.3 Å². The Morgan fingerprint density at radius 3 is 2.87 bits per heavy atom. The number of amides is 1. The van der Waals surface area contributed by atoms with Gasteiger partial charge in [0.15, 0.2) is 0 Å². The fraction of sp³-hybridized carbons (Fsp3) is 0.273. The average molecular weight is 203 g/mol. The Bertz CT molecular complexity index is 395. The van der Waals surface area contributed by atoms with Gasteiger partial charge in [0.2, 0.25) is 5.91 Å². The van der Waals surface area contributed by atoms with Crippen molar-refractivity contribution >= 4 is 11.6 Å². The highest BCUT2D eigenvalue weighted by molar-refractivity contribution is 5.94. The summed E-state index contributed by atoms with van der Waals surface area (Å²) in [6.07, 6.45) is 0. The zero-order chi connectivity index (χ0) is 11.3. The van der Waals surface area contributed by atoms with E-state index < -0.39 is 0 Å². The Morgan fingerprint density at radius 2 is 2.33 bits per heavy atom. The van der Waals surface area contributed by atoms with Gasteiger partial charge in [-0.2, -0.15) is 5.26 Å². The van der Waals surface area contributed by atoms with E-state index in [1.165, 1.54) is 0 Å². The van der Waals surface area contributed by atoms with Gasteiger partial charge in [-0.25, -0.2) is 0 Å². The summed E-state index contributed by atoms with van der Waals surface area (Å²) in [5.74, 6) is -0.146. The average Bonchev–Trinajstić information content (AvgIpc) is 2.30. The zero-order valence-electron chi connectivity index (χ0n) is 8.60. The maximum absolute atomic E-state index is 11.5. The highest BCUT2D eigenvalue weighted by atomic mass is 16.2. The molecule has 2 N–H and O–H groups in total. The molecule has 0 saturated heterocycles. The number of likely N-dealkylation sites (N-methyl/N-ethyl adjacent to an activating group) is 1. The molecule has 78 valence electrons. The van der Waals surface area contributed by atoms with Crippen LogP contribution in [0.2, 0.25) is 0 Å². The number of carbonyl (C=O) groups excluding carboxylic acids is 1. The third kappa shape index (κ3) is 2.55. The second-order valence-electron chi connectivity index (χ2n) is 3.00. The standard InChI is InChI=1S/C11H13N3O/c1-2-14(11(15)8-13)10-5-3-4-9(6-10)7-12/h3-6H,2,8,13H2,1H3. The molecule has 0 spiro atoms. The van der Waals surface area contributed by atoms with Crippen LogP contribution in [0.15, 0.2) is 24.3 Å². The van der Waals surface area contributed by atoms with Crippen molar-refractivity contribution in [2.75, 3.05) is 18.0 Å². The molecule has 0 radical (unpaired) electrons. The van der Waals surface area contributed by atoms with E-state index in [0.29, 0.717) is 17.8 Å². The summed E-state index contributed by atoms with van der Waals surface area (Å²) in [6.45, 7) is 2.39. The van der Waals surface area contributed by atoms with Crippen molar-refractivity contribution in [2.45, 2.75) is 6.92 Å². The van der Waals surface area contributed by atoms with Gasteiger partial charge in [-0.1, -0.05) is 6.07 Å². The lowest BCUT2D eigenvalue weighted by atomic mass is 10.2. The van der Waals surface area contributed by atoms with Gasteiger partial charge in [0.05, 0.1) is 18.2 Å². The minimum atomic E-state index is -0.146. The first-order valence-corrected chi connectivity index (χ1v) is 4.73. The molecular formula is C11H13N3O. The Balaban J connectivity index is 3.02. The van der Waals surface area contributed by atoms with Crippen molar-refractivity contribution in [1.29, 1.82) is 5.26 Å². The topological polar surface area (TPSA) is 70.1 Å². The molecule has 15 heavy (non-hydrogen) atoms. The molecule has 0 aliphatic carbocycles. The summed E-state index contributed by atoms with van der Waals surface area (Å²) >= 11 is 0. The van der Waals surface area contributed by atoms with Gasteiger partial charge in [0.25, 0.3) is 0 Å². The lowest BCUT2D eigenvalue weighted by molar-refractivity contribution is -0.117. The summed E-state index contributed by atoms with van der Waals surface area (Å²) in [5.41, 5.74) is 6.55. The summed E-state index contributed by atoms with van der Waals surface area (Å²) in [5, 5.41) is 8.73. The van der Waals surface area contributed by atoms with Crippen molar-refractivity contribution in [3.05, 3.63) is 29.8 Å². The molecule has 0 unspecified atom stereocenters. The van der Waals surface area contributed by atoms with E-state index in [9.17, 15) is 4.79 Å². The minimum Gasteiger partial charge on any atom is -0.322 e. The minimum absolute atomic E-state index is 0.0232. The number of rotatable bonds is 3. The molecule has 0 aliphatic heterocycles. The number of hydrogen-bond donors (Lipinski definition) is 1. The molecule has 0 aromatic heterocycles. The van der Waals surface area contributed by atoms with E-state index in [-0.39, 0.29) is 12.5 Å². The number of nitriles is 1. The van der Waals surface area contributed by atoms with Gasteiger partial charge < -0.3 is 10.6 Å². The van der Waals surface area contributed by atoms with Crippen LogP contribution in [0.3, 0.4) is 0 Å². The van der Waals surface area contributed by atoms with Crippen LogP contribution in [-0.4, -0.2) is 19.0 Å². The van der Waals surface area contributed by atoms with E-state index in [0.717, 1.165) is 0 Å². The van der Waals surface area contributed by atoms with Crippen molar-refractivity contribution in [3.8, 4) is 6.07 Å². The third-order valence-electron chi connectivity index (χ3n) is 2.08. The van der Waals surface area contributed by atoms with Gasteiger partial charge in [-0.3, -0.25) is 4.79 Å². The Morgan fingerprint density at radius 1 is 1.60 bits per heavy atom. The first-order chi connectivity index (χ1) is 7.22. The number of nitrogens with two attached hydrogens (primary N) is 1. The monoisotopic (exact) mass is 203 g/mol. The molecule has 1 aromatic carbocycles. The molecule has 1 amide bonds. The lowest BCUT2D eigenvalue weighted by Gasteiger charge is -2.20. The van der Waals surface area contributed by atoms with Crippen LogP contribution in [0.4, 0.5) is 5.69 Å². The van der Waals surface area contributed by atoms with Crippen LogP contribution in [-0.2, 0) is 4.79 Å². The van der Waals surface area contributed by atoms with Crippen molar-refractivity contribution in [2.24, 2.45) is 5.73 Å². The van der Waals surface area contributed by atoms with Crippen LogP contribution in [0.5, 0.6) is 0 Å². The van der Waals surface area contributed by atoms with E-state index in [4.69, 9.17) is 11.0 Å². The van der Waals surface area contributed by atoms with Gasteiger partial charge in [0, 0.05) is 12.2 Å². The maximum Gasteiger partial charge on any atom is 0.240 e. The number of carbonyl (C=O) groups is 1. The van der Waals surface area contributed by atoms with Gasteiger partial charge in [-0.05, 0) is 25.1 Å². The van der Waals surface area contributed by atoms with Gasteiger partial charge in [0.1, 0.15) is 0 Å². The Hall–Kier alpha value is -1.86. The van der Waals surface area contributed by atoms with E-state index in [1.807, 2.05) is 13.0 Å². The normalized spacial score (nSPS) is 9.40. The number of hydrogen-bond acceptors (Lipinski definition) is 3. The van der Waals surface area contributed by atoms with Crippen LogP contribution >= 0.6 is 0 Å². The van der Waals surface area contributed by atoms with E-state index in [2.05, 4.69) is 0 Å². The number of benzene rings is 1. The largest absolute Gasteiger partial charge is 0.322 e. The SMILES string of the molecule is CCN(C(=O)CN)c1cccc(C#N)c1. The maximum atomic E-state index is 11.5. The van der Waals surface area contributed by atoms with Crippen molar-refractivity contribution < 1.29 is 4.79 Å². The predicted octanol–water partition coefficient (Wildman–Crippen LogP) is 0.870. The fourth-order valence-electron chi connectivity index (χ4n) is 1.36. The molecule has 1 rings (SSSR count). The number of anilines is 1. The predicted molar refractivity (Wildman–Crippen MR) is 58.2 cm³/mol. The molecule has 0 fully saturated rings. The third-order valence-corrected chi connectivity index (χ3v) is 2.08. The molecule has 0 bridgehead atoms. The Kier molecular flexibility index (Phi) is 3.83. The second-order valence-corrected chi connectivity index (χ2v) is 3.00. The highest BCUT2D eigenvalue weighted by Crippen LogP contribution is 2.15. The first kappa shape index (κ1) is 11.2. The molecule has 1 aromatic rings. The molecule has 0 heterocycles. The summed E-state index contributed by atoms with van der Waals surface area (Å²) < 4.78 is 0. The highest BCUT2D eigenvalue weighted by Gasteiger charge is 2.11. The smallest absolute Gasteiger partial charge is 0.240 e. The zero-order valence-corrected chi connectivity index (χ0v) is 8.60. The number of nitrogens with zero attached hydrogens (tertiary/aromatic N) is 2. The molecule has 0 atom stereocenters. The molecule has 0 aliphatic rings. The van der Waals surface area contributed by atoms with Crippen LogP contribution in [0.25, 0.3) is 0 Å². The van der Waals surface area contributed by atoms with Crippen LogP contribution in [0.1, 0.15) is 12.5 Å². The Labute approximate surface area is 88.9 Å². The molecular weight excluding hydrogens is 190 g/mol. The fourth-order valence-corrected chi connectivity index (χ4v) is 1.36. The quantitative estimate of drug-likeness (QED) is 0.792. The summed E-state index contributed by atoms with van der Waals surface area (Å²) in [7, 11) is 0. The summed E-state index contributed by atoms with van der Waals surface area (Å²) in [6, 6.07) is 8.95. The van der Waals surface area contributed by atoms with E-state index in [1.54, 1.807) is 29.2 Å². The first-order valence-electron chi connectivity index (χ1n) is 4.73.